The fourth-order valence-corrected chi connectivity index (χ4v) is 5.23. The SMILES string of the molecule is O=C(CCc1cnn(-c2ccccc2)c1)N1CCN(S(=O)(=O)Cc2ccccc2)CC1. The number of sulfonamides is 1. The molecule has 31 heavy (non-hydrogen) atoms. The predicted molar refractivity (Wildman–Crippen MR) is 119 cm³/mol. The molecule has 0 radical (unpaired) electrons. The zero-order valence-corrected chi connectivity index (χ0v) is 18.1. The average molecular weight is 439 g/mol. The highest BCUT2D eigenvalue weighted by molar-refractivity contribution is 7.88. The van der Waals surface area contributed by atoms with Crippen LogP contribution in [-0.2, 0) is 27.0 Å². The van der Waals surface area contributed by atoms with Crippen LogP contribution in [0.4, 0.5) is 0 Å². The van der Waals surface area contributed by atoms with E-state index >= 15 is 0 Å². The van der Waals surface area contributed by atoms with E-state index in [-0.39, 0.29) is 11.7 Å². The minimum absolute atomic E-state index is 0.00676. The molecule has 0 unspecified atom stereocenters. The number of benzene rings is 2. The molecule has 1 aromatic heterocycles. The summed E-state index contributed by atoms with van der Waals surface area (Å²) in [6, 6.07) is 19.0. The topological polar surface area (TPSA) is 75.5 Å². The molecule has 1 saturated heterocycles. The summed E-state index contributed by atoms with van der Waals surface area (Å²) in [6.07, 6.45) is 4.72. The molecule has 0 bridgehead atoms. The summed E-state index contributed by atoms with van der Waals surface area (Å²) in [5, 5.41) is 4.37. The van der Waals surface area contributed by atoms with Crippen molar-refractivity contribution in [3.8, 4) is 5.69 Å². The maximum Gasteiger partial charge on any atom is 0.222 e. The van der Waals surface area contributed by atoms with E-state index in [0.29, 0.717) is 39.0 Å². The van der Waals surface area contributed by atoms with Gasteiger partial charge in [-0.1, -0.05) is 48.5 Å². The Labute approximate surface area is 183 Å². The first-order chi connectivity index (χ1) is 15.0. The summed E-state index contributed by atoms with van der Waals surface area (Å²) >= 11 is 0. The molecule has 0 atom stereocenters. The highest BCUT2D eigenvalue weighted by atomic mass is 32.2. The van der Waals surface area contributed by atoms with E-state index in [1.807, 2.05) is 66.9 Å². The molecule has 0 saturated carbocycles. The van der Waals surface area contributed by atoms with Crippen LogP contribution in [0, 0.1) is 0 Å². The van der Waals surface area contributed by atoms with Gasteiger partial charge in [0.2, 0.25) is 15.9 Å². The van der Waals surface area contributed by atoms with Crippen molar-refractivity contribution in [3.63, 3.8) is 0 Å². The molecule has 1 fully saturated rings. The largest absolute Gasteiger partial charge is 0.340 e. The Bertz CT molecular complexity index is 1110. The maximum atomic E-state index is 12.7. The van der Waals surface area contributed by atoms with Gasteiger partial charge >= 0.3 is 0 Å². The predicted octanol–water partition coefficient (Wildman–Crippen LogP) is 2.48. The van der Waals surface area contributed by atoms with E-state index in [1.54, 1.807) is 15.8 Å². The number of rotatable bonds is 7. The quantitative estimate of drug-likeness (QED) is 0.568. The van der Waals surface area contributed by atoms with Crippen LogP contribution in [-0.4, -0.2) is 59.5 Å². The van der Waals surface area contributed by atoms with E-state index in [4.69, 9.17) is 0 Å². The van der Waals surface area contributed by atoms with Gasteiger partial charge in [0.15, 0.2) is 0 Å². The molecule has 1 amide bonds. The Morgan fingerprint density at radius 1 is 0.871 bits per heavy atom. The minimum atomic E-state index is -3.38. The van der Waals surface area contributed by atoms with Gasteiger partial charge in [0, 0.05) is 38.8 Å². The van der Waals surface area contributed by atoms with Gasteiger partial charge < -0.3 is 4.90 Å². The number of hydrogen-bond donors (Lipinski definition) is 0. The normalized spacial score (nSPS) is 15.2. The number of aromatic nitrogens is 2. The van der Waals surface area contributed by atoms with Crippen molar-refractivity contribution in [2.45, 2.75) is 18.6 Å². The van der Waals surface area contributed by atoms with E-state index in [1.165, 1.54) is 4.31 Å². The lowest BCUT2D eigenvalue weighted by atomic mass is 10.2. The third-order valence-electron chi connectivity index (χ3n) is 5.46. The van der Waals surface area contributed by atoms with E-state index in [0.717, 1.165) is 16.8 Å². The van der Waals surface area contributed by atoms with Gasteiger partial charge in [0.1, 0.15) is 0 Å². The first-order valence-electron chi connectivity index (χ1n) is 10.4. The molecule has 2 heterocycles. The second-order valence-corrected chi connectivity index (χ2v) is 9.62. The molecule has 0 spiro atoms. The monoisotopic (exact) mass is 438 g/mol. The Balaban J connectivity index is 1.26. The highest BCUT2D eigenvalue weighted by Gasteiger charge is 2.28. The van der Waals surface area contributed by atoms with Crippen molar-refractivity contribution in [2.75, 3.05) is 26.2 Å². The van der Waals surface area contributed by atoms with Gasteiger partial charge in [-0.2, -0.15) is 9.40 Å². The first-order valence-corrected chi connectivity index (χ1v) is 12.0. The number of para-hydroxylation sites is 1. The van der Waals surface area contributed by atoms with Crippen LogP contribution >= 0.6 is 0 Å². The number of carbonyl (C=O) groups excluding carboxylic acids is 1. The molecule has 7 nitrogen and oxygen atoms in total. The summed E-state index contributed by atoms with van der Waals surface area (Å²) in [7, 11) is -3.38. The average Bonchev–Trinajstić information content (AvgIpc) is 3.28. The molecule has 1 aliphatic heterocycles. The number of nitrogens with zero attached hydrogens (tertiary/aromatic N) is 4. The lowest BCUT2D eigenvalue weighted by Crippen LogP contribution is -2.50. The molecule has 0 aliphatic carbocycles. The van der Waals surface area contributed by atoms with Crippen molar-refractivity contribution in [1.29, 1.82) is 0 Å². The van der Waals surface area contributed by atoms with Gasteiger partial charge in [0.25, 0.3) is 0 Å². The Morgan fingerprint density at radius 3 is 2.19 bits per heavy atom. The van der Waals surface area contributed by atoms with Gasteiger partial charge in [-0.05, 0) is 29.7 Å². The van der Waals surface area contributed by atoms with Gasteiger partial charge in [-0.25, -0.2) is 13.1 Å². The lowest BCUT2D eigenvalue weighted by molar-refractivity contribution is -0.132. The fourth-order valence-electron chi connectivity index (χ4n) is 3.71. The zero-order valence-electron chi connectivity index (χ0n) is 17.3. The summed E-state index contributed by atoms with van der Waals surface area (Å²) < 4.78 is 28.6. The minimum Gasteiger partial charge on any atom is -0.340 e. The molecule has 1 aliphatic rings. The van der Waals surface area contributed by atoms with Crippen molar-refractivity contribution < 1.29 is 13.2 Å². The van der Waals surface area contributed by atoms with Crippen molar-refractivity contribution >= 4 is 15.9 Å². The summed E-state index contributed by atoms with van der Waals surface area (Å²) in [5.41, 5.74) is 2.76. The number of piperazine rings is 1. The van der Waals surface area contributed by atoms with Crippen LogP contribution in [0.15, 0.2) is 73.1 Å². The summed E-state index contributed by atoms with van der Waals surface area (Å²) in [5.74, 6) is 0.0419. The van der Waals surface area contributed by atoms with Crippen LogP contribution < -0.4 is 0 Å². The van der Waals surface area contributed by atoms with E-state index in [9.17, 15) is 13.2 Å². The number of carbonyl (C=O) groups is 1. The smallest absolute Gasteiger partial charge is 0.222 e. The molecular weight excluding hydrogens is 412 g/mol. The third kappa shape index (κ3) is 5.39. The Hall–Kier alpha value is -2.97. The molecule has 4 rings (SSSR count). The van der Waals surface area contributed by atoms with E-state index < -0.39 is 10.0 Å². The maximum absolute atomic E-state index is 12.7. The lowest BCUT2D eigenvalue weighted by Gasteiger charge is -2.34. The van der Waals surface area contributed by atoms with Gasteiger partial charge in [-0.15, -0.1) is 0 Å². The van der Waals surface area contributed by atoms with Crippen molar-refractivity contribution in [1.82, 2.24) is 19.0 Å². The van der Waals surface area contributed by atoms with Crippen LogP contribution in [0.1, 0.15) is 17.5 Å². The van der Waals surface area contributed by atoms with Gasteiger partial charge in [0.05, 0.1) is 17.6 Å². The molecule has 2 aromatic carbocycles. The molecule has 162 valence electrons. The van der Waals surface area contributed by atoms with Crippen LogP contribution in [0.25, 0.3) is 5.69 Å². The second-order valence-electron chi connectivity index (χ2n) is 7.65. The standard InChI is InChI=1S/C23H26N4O3S/c28-23(12-11-21-17-24-27(18-21)22-9-5-2-6-10-22)25-13-15-26(16-14-25)31(29,30)19-20-7-3-1-4-8-20/h1-10,17-18H,11-16,19H2. The molecule has 8 heteroatoms. The number of hydrogen-bond acceptors (Lipinski definition) is 4. The molecule has 0 N–H and O–H groups in total. The van der Waals surface area contributed by atoms with Gasteiger partial charge in [-0.3, -0.25) is 4.79 Å². The number of amides is 1. The molecule has 3 aromatic rings. The highest BCUT2D eigenvalue weighted by Crippen LogP contribution is 2.15. The fraction of sp³-hybridized carbons (Fsp3) is 0.304. The number of aryl methyl sites for hydroxylation is 1. The zero-order chi connectivity index (χ0) is 21.7. The Morgan fingerprint density at radius 2 is 1.52 bits per heavy atom. The summed E-state index contributed by atoms with van der Waals surface area (Å²) in [4.78, 5) is 14.4. The van der Waals surface area contributed by atoms with E-state index in [2.05, 4.69) is 5.10 Å². The van der Waals surface area contributed by atoms with Crippen LogP contribution in [0.3, 0.4) is 0 Å². The first kappa shape index (κ1) is 21.3. The van der Waals surface area contributed by atoms with Crippen LogP contribution in [0.2, 0.25) is 0 Å². The molecular formula is C23H26N4O3S. The van der Waals surface area contributed by atoms with Crippen LogP contribution in [0.5, 0.6) is 0 Å². The second kappa shape index (κ2) is 9.45. The third-order valence-corrected chi connectivity index (χ3v) is 7.31. The van der Waals surface area contributed by atoms with Crippen molar-refractivity contribution in [3.05, 3.63) is 84.2 Å². The Kier molecular flexibility index (Phi) is 6.48. The van der Waals surface area contributed by atoms with Crippen molar-refractivity contribution in [2.24, 2.45) is 0 Å². The summed E-state index contributed by atoms with van der Waals surface area (Å²) in [6.45, 7) is 1.53.